The topological polar surface area (TPSA) is 18.5 Å². The third-order valence-corrected chi connectivity index (χ3v) is 8.95. The molecule has 1 aromatic carbocycles. The molecule has 3 aliphatic carbocycles. The first-order valence-electron chi connectivity index (χ1n) is 12.6. The fourth-order valence-corrected chi connectivity index (χ4v) is 6.41. The lowest BCUT2D eigenvalue weighted by Crippen LogP contribution is -2.28. The Hall–Kier alpha value is -3.11. The summed E-state index contributed by atoms with van der Waals surface area (Å²) in [7, 11) is 0.499. The minimum absolute atomic E-state index is 0.556. The molecule has 0 amide bonds. The average molecular weight is 484 g/mol. The lowest BCUT2D eigenvalue weighted by atomic mass is 9.92. The second kappa shape index (κ2) is 9.50. The molecular weight excluding hydrogens is 446 g/mol. The molecule has 1 N–H and O–H groups in total. The van der Waals surface area contributed by atoms with Crippen LogP contribution in [-0.2, 0) is 0 Å². The molecule has 182 valence electrons. The van der Waals surface area contributed by atoms with Crippen LogP contribution in [0, 0.1) is 0 Å². The molecule has 35 heavy (non-hydrogen) atoms. The van der Waals surface area contributed by atoms with E-state index >= 15 is 0 Å². The van der Waals surface area contributed by atoms with Gasteiger partial charge in [0.1, 0.15) is 0 Å². The molecule has 1 heterocycles. The quantitative estimate of drug-likeness (QED) is 0.386. The molecule has 0 saturated heterocycles. The van der Waals surface area contributed by atoms with Gasteiger partial charge in [0, 0.05) is 58.9 Å². The predicted molar refractivity (Wildman–Crippen MR) is 159 cm³/mol. The maximum Gasteiger partial charge on any atom is 0.0490 e. The lowest BCUT2D eigenvalue weighted by molar-refractivity contribution is 0.468. The zero-order chi connectivity index (χ0) is 24.6. The van der Waals surface area contributed by atoms with Crippen LogP contribution in [0.25, 0.3) is 5.57 Å². The van der Waals surface area contributed by atoms with Gasteiger partial charge < -0.3 is 14.5 Å². The highest BCUT2D eigenvalue weighted by molar-refractivity contribution is 8.32. The molecule has 0 bridgehead atoms. The van der Waals surface area contributed by atoms with E-state index in [-0.39, 0.29) is 0 Å². The molecule has 4 aliphatic rings. The van der Waals surface area contributed by atoms with E-state index in [1.807, 2.05) is 0 Å². The van der Waals surface area contributed by atoms with E-state index < -0.39 is 9.39 Å². The van der Waals surface area contributed by atoms with Crippen molar-refractivity contribution in [2.45, 2.75) is 44.6 Å². The summed E-state index contributed by atoms with van der Waals surface area (Å²) in [5.41, 5.74) is 7.93. The van der Waals surface area contributed by atoms with Crippen LogP contribution in [0.1, 0.15) is 44.1 Å². The summed E-state index contributed by atoms with van der Waals surface area (Å²) >= 11 is 0. The van der Waals surface area contributed by atoms with E-state index in [4.69, 9.17) is 0 Å². The van der Waals surface area contributed by atoms with Crippen molar-refractivity contribution in [1.82, 2.24) is 4.90 Å². The summed E-state index contributed by atoms with van der Waals surface area (Å²) in [5.74, 6) is 8.92. The Kier molecular flexibility index (Phi) is 6.41. The van der Waals surface area contributed by atoms with Crippen molar-refractivity contribution in [1.29, 1.82) is 0 Å². The number of nitrogens with one attached hydrogen (secondary N) is 1. The number of hydrogen-bond donors (Lipinski definition) is 1. The van der Waals surface area contributed by atoms with Gasteiger partial charge >= 0.3 is 0 Å². The van der Waals surface area contributed by atoms with E-state index in [1.165, 1.54) is 29.0 Å². The van der Waals surface area contributed by atoms with Crippen LogP contribution in [0.5, 0.6) is 0 Å². The molecule has 0 aromatic heterocycles. The van der Waals surface area contributed by atoms with Gasteiger partial charge in [-0.15, -0.1) is 9.39 Å². The number of rotatable bonds is 8. The maximum absolute atomic E-state index is 4.54. The lowest BCUT2D eigenvalue weighted by Gasteiger charge is -2.34. The molecule has 1 fully saturated rings. The highest BCUT2D eigenvalue weighted by atomic mass is 32.2. The van der Waals surface area contributed by atoms with Crippen molar-refractivity contribution in [2.24, 2.45) is 0 Å². The molecule has 5 rings (SSSR count). The first kappa shape index (κ1) is 23.6. The van der Waals surface area contributed by atoms with Gasteiger partial charge in [0.05, 0.1) is 0 Å². The number of hydrogen-bond acceptors (Lipinski definition) is 3. The summed E-state index contributed by atoms with van der Waals surface area (Å²) in [4.78, 5) is 5.89. The van der Waals surface area contributed by atoms with E-state index in [0.717, 1.165) is 60.3 Å². The van der Waals surface area contributed by atoms with Crippen molar-refractivity contribution in [3.8, 4) is 0 Å². The summed E-state index contributed by atoms with van der Waals surface area (Å²) in [6, 6.07) is 7.17. The van der Waals surface area contributed by atoms with Gasteiger partial charge in [-0.05, 0) is 67.9 Å². The third kappa shape index (κ3) is 4.99. The van der Waals surface area contributed by atoms with Crippen LogP contribution < -0.4 is 9.62 Å². The minimum atomic E-state index is -1.63. The van der Waals surface area contributed by atoms with Gasteiger partial charge in [-0.25, -0.2) is 0 Å². The van der Waals surface area contributed by atoms with Gasteiger partial charge in [-0.1, -0.05) is 61.4 Å². The third-order valence-electron chi connectivity index (χ3n) is 7.12. The van der Waals surface area contributed by atoms with Gasteiger partial charge in [-0.2, -0.15) is 0 Å². The molecule has 0 spiro atoms. The standard InChI is InChI=1S/C31H37N3S/c1-23-29-20-26(32-35(4,5)28-14-10-7-11-15-28)16-19-31(29)34(27-17-18-27)22-30(23)24(2)33(3)21-25-12-8-6-9-13-25/h8,10,12-16,19-20,22,27,32H,1-2,4-7,9,11,17-18,21H2,3H3. The zero-order valence-corrected chi connectivity index (χ0v) is 21.7. The molecule has 1 aromatic rings. The van der Waals surface area contributed by atoms with Crippen LogP contribution >= 0.6 is 9.39 Å². The molecule has 0 radical (unpaired) electrons. The Labute approximate surface area is 211 Å². The Morgan fingerprint density at radius 3 is 2.49 bits per heavy atom. The normalized spacial score (nSPS) is 19.5. The van der Waals surface area contributed by atoms with Crippen molar-refractivity contribution in [3.63, 3.8) is 0 Å². The Morgan fingerprint density at radius 2 is 1.83 bits per heavy atom. The SMILES string of the molecule is C=C1C(C(=C)N(C)CC2=CCCC=C2)=CN(C2CC2)c2ccc(NS(=C)(=C)C3=CCCC=C3)cc21. The molecule has 0 unspecified atom stereocenters. The Bertz CT molecular complexity index is 1310. The van der Waals surface area contributed by atoms with Crippen LogP contribution in [0.4, 0.5) is 11.4 Å². The number of fused-ring (bicyclic) bond motifs is 1. The zero-order valence-electron chi connectivity index (χ0n) is 20.9. The number of benzene rings is 1. The fourth-order valence-electron chi connectivity index (χ4n) is 4.93. The number of nitrogens with zero attached hydrogens (tertiary/aromatic N) is 2. The second-order valence-electron chi connectivity index (χ2n) is 10.0. The van der Waals surface area contributed by atoms with Crippen molar-refractivity contribution >= 4 is 38.1 Å². The van der Waals surface area contributed by atoms with Crippen LogP contribution in [0.3, 0.4) is 0 Å². The summed E-state index contributed by atoms with van der Waals surface area (Å²) in [6.07, 6.45) is 22.6. The monoisotopic (exact) mass is 483 g/mol. The van der Waals surface area contributed by atoms with E-state index in [1.54, 1.807) is 0 Å². The molecule has 4 heteroatoms. The van der Waals surface area contributed by atoms with E-state index in [0.29, 0.717) is 6.04 Å². The number of likely N-dealkylation sites (N-methyl/N-ethyl adjacent to an activating group) is 1. The largest absolute Gasteiger partial charge is 0.370 e. The predicted octanol–water partition coefficient (Wildman–Crippen LogP) is 7.52. The highest BCUT2D eigenvalue weighted by Gasteiger charge is 2.34. The average Bonchev–Trinajstić information content (AvgIpc) is 3.70. The smallest absolute Gasteiger partial charge is 0.0490 e. The van der Waals surface area contributed by atoms with Crippen LogP contribution in [0.15, 0.2) is 95.8 Å². The Morgan fingerprint density at radius 1 is 1.09 bits per heavy atom. The molecule has 3 nitrogen and oxygen atoms in total. The first-order chi connectivity index (χ1) is 16.8. The summed E-state index contributed by atoms with van der Waals surface area (Å²) in [6.45, 7) is 9.90. The molecule has 1 aliphatic heterocycles. The van der Waals surface area contributed by atoms with Gasteiger partial charge in [0.25, 0.3) is 0 Å². The van der Waals surface area contributed by atoms with Gasteiger partial charge in [0.2, 0.25) is 0 Å². The molecular formula is C31H37N3S. The fraction of sp³-hybridized carbons (Fsp3) is 0.290. The van der Waals surface area contributed by atoms with Gasteiger partial charge in [0.15, 0.2) is 0 Å². The maximum atomic E-state index is 4.54. The van der Waals surface area contributed by atoms with Crippen LogP contribution in [0.2, 0.25) is 0 Å². The van der Waals surface area contributed by atoms with E-state index in [9.17, 15) is 0 Å². The number of allylic oxidation sites excluding steroid dienone is 6. The minimum Gasteiger partial charge on any atom is -0.370 e. The summed E-state index contributed by atoms with van der Waals surface area (Å²) < 4.78 is 3.65. The summed E-state index contributed by atoms with van der Waals surface area (Å²) in [5, 5.41) is 0. The Balaban J connectivity index is 1.42. The van der Waals surface area contributed by atoms with Gasteiger partial charge in [-0.3, -0.25) is 0 Å². The highest BCUT2D eigenvalue weighted by Crippen LogP contribution is 2.46. The van der Waals surface area contributed by atoms with E-state index in [2.05, 4.69) is 107 Å². The van der Waals surface area contributed by atoms with Crippen molar-refractivity contribution in [2.75, 3.05) is 23.2 Å². The molecule has 1 saturated carbocycles. The van der Waals surface area contributed by atoms with Crippen molar-refractivity contribution < 1.29 is 0 Å². The van der Waals surface area contributed by atoms with Crippen LogP contribution in [-0.4, -0.2) is 36.3 Å². The molecule has 0 atom stereocenters. The first-order valence-corrected chi connectivity index (χ1v) is 14.5. The number of anilines is 2. The van der Waals surface area contributed by atoms with Crippen molar-refractivity contribution in [3.05, 3.63) is 101 Å². The second-order valence-corrected chi connectivity index (χ2v) is 12.5.